The van der Waals surface area contributed by atoms with Gasteiger partial charge in [0, 0.05) is 5.56 Å². The lowest BCUT2D eigenvalue weighted by molar-refractivity contribution is -0.112. The maximum absolute atomic E-state index is 11.3. The second-order valence-corrected chi connectivity index (χ2v) is 3.25. The third-order valence-electron chi connectivity index (χ3n) is 2.02. The molecule has 1 N–H and O–H groups in total. The topological polar surface area (TPSA) is 46.2 Å². The second kappa shape index (κ2) is 3.76. The Labute approximate surface area is 91.4 Å². The van der Waals surface area contributed by atoms with Crippen molar-refractivity contribution in [2.45, 2.75) is 0 Å². The molecule has 1 heterocycles. The molecule has 4 heteroatoms. The summed E-state index contributed by atoms with van der Waals surface area (Å²) in [5.41, 5.74) is 1.65. The maximum atomic E-state index is 11.3. The summed E-state index contributed by atoms with van der Waals surface area (Å²) < 4.78 is 0. The van der Waals surface area contributed by atoms with Crippen LogP contribution < -0.4 is 5.32 Å². The van der Waals surface area contributed by atoms with Crippen LogP contribution in [0.25, 0.3) is 0 Å². The Hall–Kier alpha value is -1.79. The SMILES string of the molecule is O=C1Nc2cc(C#CCCl)ccc2C1=O. The van der Waals surface area contributed by atoms with Gasteiger partial charge in [-0.1, -0.05) is 11.8 Å². The molecule has 1 aliphatic heterocycles. The lowest BCUT2D eigenvalue weighted by atomic mass is 10.1. The molecule has 0 atom stereocenters. The normalized spacial score (nSPS) is 12.9. The lowest BCUT2D eigenvalue weighted by Gasteiger charge is -1.96. The molecular formula is C11H6ClNO2. The van der Waals surface area contributed by atoms with Crippen molar-refractivity contribution in [1.29, 1.82) is 0 Å². The predicted octanol–water partition coefficient (Wildman–Crippen LogP) is 1.41. The van der Waals surface area contributed by atoms with Gasteiger partial charge in [-0.15, -0.1) is 11.6 Å². The third kappa shape index (κ3) is 1.72. The number of Topliss-reactive ketones (excluding diaryl/α,β-unsaturated/α-hetero) is 1. The zero-order chi connectivity index (χ0) is 10.8. The highest BCUT2D eigenvalue weighted by atomic mass is 35.5. The van der Waals surface area contributed by atoms with Crippen molar-refractivity contribution >= 4 is 29.0 Å². The number of hydrogen-bond acceptors (Lipinski definition) is 2. The minimum absolute atomic E-state index is 0.252. The van der Waals surface area contributed by atoms with Gasteiger partial charge >= 0.3 is 0 Å². The van der Waals surface area contributed by atoms with E-state index in [4.69, 9.17) is 11.6 Å². The van der Waals surface area contributed by atoms with Crippen LogP contribution in [0, 0.1) is 11.8 Å². The van der Waals surface area contributed by atoms with Gasteiger partial charge in [-0.3, -0.25) is 9.59 Å². The van der Waals surface area contributed by atoms with Gasteiger partial charge < -0.3 is 5.32 Å². The highest BCUT2D eigenvalue weighted by molar-refractivity contribution is 6.51. The first-order valence-corrected chi connectivity index (χ1v) is 4.80. The number of anilines is 1. The predicted molar refractivity (Wildman–Crippen MR) is 57.0 cm³/mol. The number of alkyl halides is 1. The van der Waals surface area contributed by atoms with Crippen molar-refractivity contribution in [1.82, 2.24) is 0 Å². The quantitative estimate of drug-likeness (QED) is 0.407. The molecule has 0 unspecified atom stereocenters. The third-order valence-corrected chi connectivity index (χ3v) is 2.15. The molecule has 1 aromatic rings. The van der Waals surface area contributed by atoms with Gasteiger partial charge in [-0.2, -0.15) is 0 Å². The Morgan fingerprint density at radius 3 is 2.87 bits per heavy atom. The highest BCUT2D eigenvalue weighted by Crippen LogP contribution is 2.23. The van der Waals surface area contributed by atoms with Crippen LogP contribution in [0.3, 0.4) is 0 Å². The fraction of sp³-hybridized carbons (Fsp3) is 0.0909. The number of halogens is 1. The standard InChI is InChI=1S/C11H6ClNO2/c12-5-1-2-7-3-4-8-9(6-7)13-11(15)10(8)14/h3-4,6H,5H2,(H,13,14,15). The van der Waals surface area contributed by atoms with E-state index in [1.54, 1.807) is 18.2 Å². The largest absolute Gasteiger partial charge is 0.318 e. The first kappa shape index (κ1) is 9.75. The average molecular weight is 220 g/mol. The van der Waals surface area contributed by atoms with E-state index in [0.29, 0.717) is 11.3 Å². The Balaban J connectivity index is 2.42. The van der Waals surface area contributed by atoms with Crippen molar-refractivity contribution in [3.8, 4) is 11.8 Å². The Morgan fingerprint density at radius 2 is 2.13 bits per heavy atom. The molecule has 0 fully saturated rings. The molecule has 0 aromatic heterocycles. The van der Waals surface area contributed by atoms with Crippen LogP contribution in [0.1, 0.15) is 15.9 Å². The summed E-state index contributed by atoms with van der Waals surface area (Å²) in [6, 6.07) is 4.95. The average Bonchev–Trinajstić information content (AvgIpc) is 2.52. The summed E-state index contributed by atoms with van der Waals surface area (Å²) in [7, 11) is 0. The van der Waals surface area contributed by atoms with Gasteiger partial charge in [0.15, 0.2) is 0 Å². The highest BCUT2D eigenvalue weighted by Gasteiger charge is 2.27. The molecule has 0 bridgehead atoms. The first-order valence-electron chi connectivity index (χ1n) is 4.27. The molecule has 15 heavy (non-hydrogen) atoms. The lowest BCUT2D eigenvalue weighted by Crippen LogP contribution is -2.12. The molecule has 1 amide bonds. The van der Waals surface area contributed by atoms with Crippen LogP contribution in [0.5, 0.6) is 0 Å². The molecule has 1 aromatic carbocycles. The van der Waals surface area contributed by atoms with Gasteiger partial charge in [0.25, 0.3) is 11.7 Å². The Bertz CT molecular complexity index is 511. The summed E-state index contributed by atoms with van der Waals surface area (Å²) in [4.78, 5) is 22.3. The fourth-order valence-corrected chi connectivity index (χ4v) is 1.43. The molecule has 0 spiro atoms. The molecule has 0 aliphatic carbocycles. The minimum Gasteiger partial charge on any atom is -0.318 e. The van der Waals surface area contributed by atoms with Crippen molar-refractivity contribution in [2.24, 2.45) is 0 Å². The van der Waals surface area contributed by atoms with Gasteiger partial charge in [0.2, 0.25) is 0 Å². The summed E-state index contributed by atoms with van der Waals surface area (Å²) in [5, 5.41) is 2.47. The van der Waals surface area contributed by atoms with Crippen LogP contribution >= 0.6 is 11.6 Å². The number of carbonyl (C=O) groups excluding carboxylic acids is 2. The van der Waals surface area contributed by atoms with Crippen LogP contribution in [-0.4, -0.2) is 17.6 Å². The summed E-state index contributed by atoms with van der Waals surface area (Å²) in [6.45, 7) is 0. The zero-order valence-corrected chi connectivity index (χ0v) is 8.39. The zero-order valence-electron chi connectivity index (χ0n) is 7.63. The number of ketones is 1. The number of benzene rings is 1. The monoisotopic (exact) mass is 219 g/mol. The molecule has 0 saturated heterocycles. The molecule has 1 aliphatic rings. The number of rotatable bonds is 0. The van der Waals surface area contributed by atoms with Crippen molar-refractivity contribution in [3.05, 3.63) is 29.3 Å². The number of hydrogen-bond donors (Lipinski definition) is 1. The maximum Gasteiger partial charge on any atom is 0.296 e. The van der Waals surface area contributed by atoms with E-state index in [1.807, 2.05) is 0 Å². The fourth-order valence-electron chi connectivity index (χ4n) is 1.36. The number of fused-ring (bicyclic) bond motifs is 1. The van der Waals surface area contributed by atoms with E-state index >= 15 is 0 Å². The van der Waals surface area contributed by atoms with E-state index in [9.17, 15) is 9.59 Å². The summed E-state index contributed by atoms with van der Waals surface area (Å²) >= 11 is 5.42. The van der Waals surface area contributed by atoms with E-state index in [2.05, 4.69) is 17.2 Å². The number of nitrogens with one attached hydrogen (secondary N) is 1. The smallest absolute Gasteiger partial charge is 0.296 e. The molecule has 0 radical (unpaired) electrons. The van der Waals surface area contributed by atoms with Crippen LogP contribution in [0.2, 0.25) is 0 Å². The molecular weight excluding hydrogens is 214 g/mol. The first-order chi connectivity index (χ1) is 7.22. The Morgan fingerprint density at radius 1 is 1.33 bits per heavy atom. The van der Waals surface area contributed by atoms with Gasteiger partial charge in [0.05, 0.1) is 17.1 Å². The van der Waals surface area contributed by atoms with Crippen molar-refractivity contribution in [3.63, 3.8) is 0 Å². The van der Waals surface area contributed by atoms with E-state index in [-0.39, 0.29) is 5.88 Å². The Kier molecular flexibility index (Phi) is 2.44. The number of amides is 1. The van der Waals surface area contributed by atoms with Gasteiger partial charge in [0.1, 0.15) is 0 Å². The van der Waals surface area contributed by atoms with E-state index < -0.39 is 11.7 Å². The summed E-state index contributed by atoms with van der Waals surface area (Å²) in [5.74, 6) is 4.67. The molecule has 0 saturated carbocycles. The molecule has 3 nitrogen and oxygen atoms in total. The summed E-state index contributed by atoms with van der Waals surface area (Å²) in [6.07, 6.45) is 0. The van der Waals surface area contributed by atoms with Crippen LogP contribution in [-0.2, 0) is 4.79 Å². The second-order valence-electron chi connectivity index (χ2n) is 2.98. The number of carbonyl (C=O) groups is 2. The van der Waals surface area contributed by atoms with Crippen LogP contribution in [0.4, 0.5) is 5.69 Å². The van der Waals surface area contributed by atoms with Crippen molar-refractivity contribution < 1.29 is 9.59 Å². The molecule has 2 rings (SSSR count). The molecule has 74 valence electrons. The van der Waals surface area contributed by atoms with Gasteiger partial charge in [-0.05, 0) is 18.2 Å². The van der Waals surface area contributed by atoms with Crippen molar-refractivity contribution in [2.75, 3.05) is 11.2 Å². The van der Waals surface area contributed by atoms with Gasteiger partial charge in [-0.25, -0.2) is 0 Å². The van der Waals surface area contributed by atoms with E-state index in [0.717, 1.165) is 5.56 Å². The van der Waals surface area contributed by atoms with E-state index in [1.165, 1.54) is 0 Å². The minimum atomic E-state index is -0.590. The van der Waals surface area contributed by atoms with Crippen LogP contribution in [0.15, 0.2) is 18.2 Å².